The number of hydrogen-bond donors (Lipinski definition) is 1. The van der Waals surface area contributed by atoms with Crippen molar-refractivity contribution in [3.8, 4) is 11.8 Å². The van der Waals surface area contributed by atoms with Crippen molar-refractivity contribution in [1.82, 2.24) is 0 Å². The average Bonchev–Trinajstić information content (AvgIpc) is 2.36. The van der Waals surface area contributed by atoms with E-state index in [1.165, 1.54) is 12.1 Å². The highest BCUT2D eigenvalue weighted by Gasteiger charge is 2.16. The Morgan fingerprint density at radius 2 is 2.26 bits per heavy atom. The third-order valence-corrected chi connectivity index (χ3v) is 2.72. The summed E-state index contributed by atoms with van der Waals surface area (Å²) >= 11 is 0. The van der Waals surface area contributed by atoms with Crippen LogP contribution in [0.4, 0.5) is 5.69 Å². The third kappa shape index (κ3) is 4.56. The van der Waals surface area contributed by atoms with Gasteiger partial charge in [0.05, 0.1) is 17.6 Å². The van der Waals surface area contributed by atoms with E-state index in [4.69, 9.17) is 15.7 Å². The maximum absolute atomic E-state index is 10.6. The topological polar surface area (TPSA) is 102 Å². The van der Waals surface area contributed by atoms with E-state index in [2.05, 4.69) is 0 Å². The van der Waals surface area contributed by atoms with Crippen molar-refractivity contribution < 1.29 is 9.66 Å². The highest BCUT2D eigenvalue weighted by atomic mass is 16.6. The number of non-ortho nitro benzene ring substituents is 1. The van der Waals surface area contributed by atoms with Gasteiger partial charge in [0.1, 0.15) is 11.3 Å². The lowest BCUT2D eigenvalue weighted by molar-refractivity contribution is -0.384. The van der Waals surface area contributed by atoms with Crippen molar-refractivity contribution in [2.45, 2.75) is 32.2 Å². The first-order valence-electron chi connectivity index (χ1n) is 5.94. The van der Waals surface area contributed by atoms with Gasteiger partial charge in [0.2, 0.25) is 0 Å². The molecule has 0 amide bonds. The van der Waals surface area contributed by atoms with Crippen LogP contribution in [-0.2, 0) is 0 Å². The molecule has 2 N–H and O–H groups in total. The normalized spacial score (nSPS) is 13.4. The van der Waals surface area contributed by atoms with E-state index in [0.717, 1.165) is 0 Å². The van der Waals surface area contributed by atoms with Crippen LogP contribution in [0.3, 0.4) is 0 Å². The highest BCUT2D eigenvalue weighted by molar-refractivity contribution is 5.42. The summed E-state index contributed by atoms with van der Waals surface area (Å²) < 4.78 is 5.52. The summed E-state index contributed by atoms with van der Waals surface area (Å²) in [5, 5.41) is 19.3. The maximum atomic E-state index is 10.6. The van der Waals surface area contributed by atoms with E-state index in [-0.39, 0.29) is 5.69 Å². The molecule has 102 valence electrons. The molecule has 1 aromatic rings. The lowest BCUT2D eigenvalue weighted by Gasteiger charge is -2.15. The molecule has 0 spiro atoms. The summed E-state index contributed by atoms with van der Waals surface area (Å²) in [6.45, 7) is 3.85. The predicted molar refractivity (Wildman–Crippen MR) is 70.8 cm³/mol. The summed E-state index contributed by atoms with van der Waals surface area (Å²) in [5.74, 6) is 0.612. The molecule has 0 saturated carbocycles. The number of aryl methyl sites for hydroxylation is 1. The van der Waals surface area contributed by atoms with Crippen LogP contribution in [0.25, 0.3) is 0 Å². The molecule has 19 heavy (non-hydrogen) atoms. The second-order valence-electron chi connectivity index (χ2n) is 4.69. The van der Waals surface area contributed by atoms with E-state index >= 15 is 0 Å². The maximum Gasteiger partial charge on any atom is 0.269 e. The van der Waals surface area contributed by atoms with Crippen LogP contribution in [0, 0.1) is 28.4 Å². The molecule has 6 heteroatoms. The van der Waals surface area contributed by atoms with Gasteiger partial charge in [0.15, 0.2) is 0 Å². The van der Waals surface area contributed by atoms with Gasteiger partial charge in [-0.05, 0) is 38.3 Å². The first-order valence-corrected chi connectivity index (χ1v) is 5.94. The molecule has 0 aliphatic heterocycles. The van der Waals surface area contributed by atoms with Crippen LogP contribution in [0.5, 0.6) is 5.75 Å². The second-order valence-corrected chi connectivity index (χ2v) is 4.69. The third-order valence-electron chi connectivity index (χ3n) is 2.72. The van der Waals surface area contributed by atoms with Gasteiger partial charge in [0.25, 0.3) is 5.69 Å². The number of benzene rings is 1. The second kappa shape index (κ2) is 6.16. The van der Waals surface area contributed by atoms with Gasteiger partial charge in [-0.25, -0.2) is 0 Å². The van der Waals surface area contributed by atoms with Gasteiger partial charge < -0.3 is 10.5 Å². The van der Waals surface area contributed by atoms with Gasteiger partial charge >= 0.3 is 0 Å². The van der Waals surface area contributed by atoms with Crippen molar-refractivity contribution in [3.05, 3.63) is 33.9 Å². The Morgan fingerprint density at radius 1 is 1.58 bits per heavy atom. The van der Waals surface area contributed by atoms with Gasteiger partial charge in [-0.2, -0.15) is 5.26 Å². The van der Waals surface area contributed by atoms with Crippen molar-refractivity contribution in [1.29, 1.82) is 5.26 Å². The number of hydrogen-bond acceptors (Lipinski definition) is 5. The number of nitriles is 1. The first-order chi connectivity index (χ1) is 8.85. The van der Waals surface area contributed by atoms with Crippen LogP contribution >= 0.6 is 0 Å². The number of nitro groups is 1. The minimum absolute atomic E-state index is 0.0452. The fourth-order valence-electron chi connectivity index (χ4n) is 1.59. The molecule has 0 heterocycles. The highest BCUT2D eigenvalue weighted by Crippen LogP contribution is 2.23. The van der Waals surface area contributed by atoms with E-state index in [1.54, 1.807) is 19.9 Å². The Labute approximate surface area is 111 Å². The lowest BCUT2D eigenvalue weighted by Crippen LogP contribution is -2.34. The summed E-state index contributed by atoms with van der Waals surface area (Å²) in [4.78, 5) is 10.1. The summed E-state index contributed by atoms with van der Waals surface area (Å²) in [6.07, 6.45) is 1.19. The van der Waals surface area contributed by atoms with Crippen LogP contribution in [0.15, 0.2) is 18.2 Å². The van der Waals surface area contributed by atoms with Crippen LogP contribution < -0.4 is 10.5 Å². The van der Waals surface area contributed by atoms with E-state index < -0.39 is 10.5 Å². The number of nitrogens with two attached hydrogens (primary N) is 1. The van der Waals surface area contributed by atoms with Crippen molar-refractivity contribution >= 4 is 5.69 Å². The van der Waals surface area contributed by atoms with Crippen LogP contribution in [0.1, 0.15) is 25.3 Å². The lowest BCUT2D eigenvalue weighted by atomic mass is 10.00. The molecule has 1 aromatic carbocycles. The molecule has 0 aromatic heterocycles. The number of nitro benzene ring substituents is 1. The molecule has 0 fully saturated rings. The number of ether oxygens (including phenoxy) is 1. The molecule has 6 nitrogen and oxygen atoms in total. The van der Waals surface area contributed by atoms with Gasteiger partial charge in [-0.3, -0.25) is 10.1 Å². The Kier molecular flexibility index (Phi) is 4.84. The first kappa shape index (κ1) is 14.9. The molecule has 0 aliphatic carbocycles. The molecule has 1 atom stereocenters. The quantitative estimate of drug-likeness (QED) is 0.482. The number of rotatable bonds is 6. The van der Waals surface area contributed by atoms with Gasteiger partial charge in [0, 0.05) is 12.1 Å². The average molecular weight is 263 g/mol. The Hall–Kier alpha value is -2.13. The number of nitrogens with zero attached hydrogens (tertiary/aromatic N) is 2. The van der Waals surface area contributed by atoms with Gasteiger partial charge in [-0.1, -0.05) is 0 Å². The summed E-state index contributed by atoms with van der Waals surface area (Å²) in [6, 6.07) is 6.48. The molecule has 1 rings (SSSR count). The largest absolute Gasteiger partial charge is 0.493 e. The van der Waals surface area contributed by atoms with Gasteiger partial charge in [-0.15, -0.1) is 0 Å². The zero-order valence-corrected chi connectivity index (χ0v) is 11.0. The summed E-state index contributed by atoms with van der Waals surface area (Å²) in [7, 11) is 0. The minimum Gasteiger partial charge on any atom is -0.493 e. The SMILES string of the molecule is Cc1cc([N+](=O)[O-])ccc1OCCCC(C)(N)C#N. The zero-order chi connectivity index (χ0) is 14.5. The molecule has 0 saturated heterocycles. The standard InChI is InChI=1S/C13H17N3O3/c1-10-8-11(16(17)18)4-5-12(10)19-7-3-6-13(2,15)9-14/h4-5,8H,3,6-7,15H2,1-2H3. The monoisotopic (exact) mass is 263 g/mol. The fourth-order valence-corrected chi connectivity index (χ4v) is 1.59. The van der Waals surface area contributed by atoms with E-state index in [1.807, 2.05) is 6.07 Å². The predicted octanol–water partition coefficient (Wildman–Crippen LogP) is 2.30. The fraction of sp³-hybridized carbons (Fsp3) is 0.462. The van der Waals surface area contributed by atoms with E-state index in [9.17, 15) is 10.1 Å². The molecular weight excluding hydrogens is 246 g/mol. The van der Waals surface area contributed by atoms with Crippen molar-refractivity contribution in [2.24, 2.45) is 5.73 Å². The minimum atomic E-state index is -0.839. The molecule has 0 aliphatic rings. The van der Waals surface area contributed by atoms with Crippen molar-refractivity contribution in [2.75, 3.05) is 6.61 Å². The Bertz CT molecular complexity index is 506. The molecule has 1 unspecified atom stereocenters. The molecule has 0 bridgehead atoms. The molecular formula is C13H17N3O3. The van der Waals surface area contributed by atoms with Crippen molar-refractivity contribution in [3.63, 3.8) is 0 Å². The summed E-state index contributed by atoms with van der Waals surface area (Å²) in [5.41, 5.74) is 5.61. The molecule has 0 radical (unpaired) electrons. The smallest absolute Gasteiger partial charge is 0.269 e. The van der Waals surface area contributed by atoms with E-state index in [0.29, 0.717) is 30.8 Å². The van der Waals surface area contributed by atoms with Crippen LogP contribution in [-0.4, -0.2) is 17.1 Å². The Morgan fingerprint density at radius 3 is 2.79 bits per heavy atom. The Balaban J connectivity index is 2.51. The van der Waals surface area contributed by atoms with Crippen LogP contribution in [0.2, 0.25) is 0 Å². The zero-order valence-electron chi connectivity index (χ0n) is 11.0.